The molecule has 6 rings (SSSR count). The van der Waals surface area contributed by atoms with E-state index >= 15 is 0 Å². The number of carbonyl (C=O) groups is 1. The van der Waals surface area contributed by atoms with E-state index < -0.39 is 6.43 Å². The Morgan fingerprint density at radius 1 is 1.14 bits per heavy atom. The number of imidazole rings is 1. The van der Waals surface area contributed by atoms with Crippen molar-refractivity contribution in [2.45, 2.75) is 46.1 Å². The number of benzene rings is 1. The molecule has 0 unspecified atom stereocenters. The van der Waals surface area contributed by atoms with Gasteiger partial charge in [-0.15, -0.1) is 0 Å². The van der Waals surface area contributed by atoms with Crippen LogP contribution >= 0.6 is 0 Å². The third kappa shape index (κ3) is 4.30. The second-order valence-electron chi connectivity index (χ2n) is 8.90. The Labute approximate surface area is 213 Å². The summed E-state index contributed by atoms with van der Waals surface area (Å²) in [6.07, 6.45) is 5.68. The normalized spacial score (nSPS) is 14.8. The van der Waals surface area contributed by atoms with Gasteiger partial charge in [0.1, 0.15) is 11.4 Å². The molecule has 0 saturated heterocycles. The van der Waals surface area contributed by atoms with Crippen molar-refractivity contribution in [2.24, 2.45) is 0 Å². The summed E-state index contributed by atoms with van der Waals surface area (Å²) in [5, 5.41) is 7.63. The summed E-state index contributed by atoms with van der Waals surface area (Å²) in [4.78, 5) is 19.4. The molecule has 0 bridgehead atoms. The Morgan fingerprint density at radius 2 is 1.97 bits per heavy atom. The number of aromatic amines is 1. The van der Waals surface area contributed by atoms with Crippen LogP contribution in [0.25, 0.3) is 16.8 Å². The summed E-state index contributed by atoms with van der Waals surface area (Å²) in [6.45, 7) is 5.75. The maximum Gasteiger partial charge on any atom is 0.264 e. The molecule has 10 heteroatoms. The zero-order valence-corrected chi connectivity index (χ0v) is 21.2. The number of alkyl halides is 2. The van der Waals surface area contributed by atoms with Crippen molar-refractivity contribution in [3.63, 3.8) is 0 Å². The highest BCUT2D eigenvalue weighted by molar-refractivity contribution is 5.81. The molecule has 0 saturated carbocycles. The van der Waals surface area contributed by atoms with Crippen LogP contribution in [-0.4, -0.2) is 51.1 Å². The minimum absolute atomic E-state index is 0.0659. The summed E-state index contributed by atoms with van der Waals surface area (Å²) in [7, 11) is 1.53. The maximum atomic E-state index is 14.5. The molecule has 37 heavy (non-hydrogen) atoms. The molecule has 2 aliphatic heterocycles. The Balaban J connectivity index is 0.00000137. The first-order valence-corrected chi connectivity index (χ1v) is 12.6. The number of aromatic nitrogens is 4. The number of hydrogen-bond donors (Lipinski definition) is 1. The lowest BCUT2D eigenvalue weighted by Crippen LogP contribution is -2.31. The van der Waals surface area contributed by atoms with E-state index in [0.29, 0.717) is 54.4 Å². The molecule has 3 aromatic heterocycles. The summed E-state index contributed by atoms with van der Waals surface area (Å²) in [5.41, 5.74) is 5.26. The lowest BCUT2D eigenvalue weighted by Gasteiger charge is -2.33. The highest BCUT2D eigenvalue weighted by Gasteiger charge is 2.30. The van der Waals surface area contributed by atoms with Gasteiger partial charge in [-0.05, 0) is 42.2 Å². The van der Waals surface area contributed by atoms with Gasteiger partial charge in [0.2, 0.25) is 6.41 Å². The number of ether oxygens (including phenoxy) is 1. The van der Waals surface area contributed by atoms with E-state index in [1.54, 1.807) is 40.0 Å². The van der Waals surface area contributed by atoms with Crippen LogP contribution in [0.3, 0.4) is 0 Å². The van der Waals surface area contributed by atoms with Gasteiger partial charge in [0.05, 0.1) is 19.9 Å². The maximum absolute atomic E-state index is 14.5. The molecule has 4 aromatic rings. The largest absolute Gasteiger partial charge is 0.495 e. The molecule has 0 fully saturated rings. The van der Waals surface area contributed by atoms with Crippen molar-refractivity contribution >= 4 is 23.6 Å². The Kier molecular flexibility index (Phi) is 6.82. The van der Waals surface area contributed by atoms with Gasteiger partial charge in [-0.2, -0.15) is 5.10 Å². The van der Waals surface area contributed by atoms with Crippen LogP contribution in [0.1, 0.15) is 49.1 Å². The number of amides is 1. The Hall–Kier alpha value is -3.95. The summed E-state index contributed by atoms with van der Waals surface area (Å²) >= 11 is 0. The number of anilines is 2. The van der Waals surface area contributed by atoms with E-state index in [9.17, 15) is 13.6 Å². The number of rotatable bonds is 5. The second kappa shape index (κ2) is 10.2. The topological polar surface area (TPSA) is 78.8 Å². The molecule has 194 valence electrons. The number of fused-ring (bicyclic) bond motifs is 3. The minimum atomic E-state index is -2.68. The molecule has 5 heterocycles. The molecule has 1 aromatic carbocycles. The molecule has 0 spiro atoms. The Bertz CT molecular complexity index is 1430. The molecular weight excluding hydrogens is 478 g/mol. The fourth-order valence-electron chi connectivity index (χ4n) is 5.21. The smallest absolute Gasteiger partial charge is 0.264 e. The first-order valence-electron chi connectivity index (χ1n) is 12.6. The molecule has 0 radical (unpaired) electrons. The van der Waals surface area contributed by atoms with Crippen molar-refractivity contribution in [2.75, 3.05) is 25.1 Å². The molecule has 0 aliphatic carbocycles. The average Bonchev–Trinajstić information content (AvgIpc) is 3.58. The van der Waals surface area contributed by atoms with E-state index in [2.05, 4.69) is 15.2 Å². The third-order valence-corrected chi connectivity index (χ3v) is 6.95. The fourth-order valence-corrected chi connectivity index (χ4v) is 5.21. The molecular formula is C27H30F2N6O2. The van der Waals surface area contributed by atoms with Crippen LogP contribution in [0.4, 0.5) is 20.3 Å². The molecule has 2 aliphatic rings. The monoisotopic (exact) mass is 508 g/mol. The van der Waals surface area contributed by atoms with Crippen LogP contribution in [-0.2, 0) is 24.2 Å². The lowest BCUT2D eigenvalue weighted by molar-refractivity contribution is -0.118. The molecule has 8 nitrogen and oxygen atoms in total. The standard InChI is InChI=1S/C25H24F2N6O2.C2H6/c1-35-22-13-32-8-5-28-23(32)11-17(22)16-9-15-3-2-6-33(21(15)10-18(16)24(26)27)25-19-12-31(14-34)7-4-20(19)29-30-25;1-2/h5,8-11,13-14,24H,2-4,6-7,12H2,1H3,(H,29,30);1-2H3. The first kappa shape index (κ1) is 24.7. The number of halogens is 2. The van der Waals surface area contributed by atoms with Gasteiger partial charge in [-0.3, -0.25) is 9.89 Å². The van der Waals surface area contributed by atoms with Crippen molar-refractivity contribution in [1.82, 2.24) is 24.5 Å². The van der Waals surface area contributed by atoms with E-state index in [0.717, 1.165) is 41.8 Å². The summed E-state index contributed by atoms with van der Waals surface area (Å²) in [5.74, 6) is 1.21. The fraction of sp³-hybridized carbons (Fsp3) is 0.370. The first-order chi connectivity index (χ1) is 18.1. The SMILES string of the molecule is CC.COc1cn2ccnc2cc1-c1cc2c(cc1C(F)F)N(c1n[nH]c3c1CN(C=O)CC3)CCC2. The van der Waals surface area contributed by atoms with Gasteiger partial charge in [0.25, 0.3) is 6.43 Å². The molecule has 1 N–H and O–H groups in total. The van der Waals surface area contributed by atoms with Crippen LogP contribution < -0.4 is 9.64 Å². The number of H-pyrrole nitrogens is 1. The second-order valence-corrected chi connectivity index (χ2v) is 8.90. The van der Waals surface area contributed by atoms with Gasteiger partial charge in [-0.25, -0.2) is 13.8 Å². The van der Waals surface area contributed by atoms with E-state index in [1.807, 2.05) is 24.8 Å². The zero-order valence-electron chi connectivity index (χ0n) is 21.2. The van der Waals surface area contributed by atoms with Crippen molar-refractivity contribution in [3.8, 4) is 16.9 Å². The number of hydrogen-bond acceptors (Lipinski definition) is 5. The number of methoxy groups -OCH3 is 1. The zero-order chi connectivity index (χ0) is 26.1. The number of nitrogens with one attached hydrogen (secondary N) is 1. The summed E-state index contributed by atoms with van der Waals surface area (Å²) < 4.78 is 36.3. The van der Waals surface area contributed by atoms with Crippen LogP contribution in [0.5, 0.6) is 5.75 Å². The minimum Gasteiger partial charge on any atom is -0.495 e. The van der Waals surface area contributed by atoms with E-state index in [1.165, 1.54) is 7.11 Å². The molecule has 1 amide bonds. The number of aryl methyl sites for hydroxylation is 1. The van der Waals surface area contributed by atoms with Crippen molar-refractivity contribution in [1.29, 1.82) is 0 Å². The predicted octanol–water partition coefficient (Wildman–Crippen LogP) is 5.30. The van der Waals surface area contributed by atoms with Crippen LogP contribution in [0.15, 0.2) is 36.8 Å². The molecule has 0 atom stereocenters. The van der Waals surface area contributed by atoms with Gasteiger partial charge < -0.3 is 18.9 Å². The highest BCUT2D eigenvalue weighted by atomic mass is 19.3. The quantitative estimate of drug-likeness (QED) is 0.371. The number of pyridine rings is 1. The van der Waals surface area contributed by atoms with Gasteiger partial charge in [-0.1, -0.05) is 13.8 Å². The lowest BCUT2D eigenvalue weighted by atomic mass is 9.91. The van der Waals surface area contributed by atoms with Crippen molar-refractivity contribution < 1.29 is 18.3 Å². The predicted molar refractivity (Wildman–Crippen MR) is 138 cm³/mol. The summed E-state index contributed by atoms with van der Waals surface area (Å²) in [6, 6.07) is 5.23. The van der Waals surface area contributed by atoms with Gasteiger partial charge in [0, 0.05) is 60.0 Å². The van der Waals surface area contributed by atoms with Gasteiger partial charge in [0.15, 0.2) is 5.82 Å². The Morgan fingerprint density at radius 3 is 2.73 bits per heavy atom. The van der Waals surface area contributed by atoms with E-state index in [-0.39, 0.29) is 5.56 Å². The highest BCUT2D eigenvalue weighted by Crippen LogP contribution is 2.44. The number of nitrogens with zero attached hydrogens (tertiary/aromatic N) is 5. The third-order valence-electron chi connectivity index (χ3n) is 6.95. The average molecular weight is 509 g/mol. The van der Waals surface area contributed by atoms with Gasteiger partial charge >= 0.3 is 0 Å². The number of carbonyl (C=O) groups excluding carboxylic acids is 1. The van der Waals surface area contributed by atoms with Crippen molar-refractivity contribution in [3.05, 3.63) is 59.2 Å². The van der Waals surface area contributed by atoms with Crippen LogP contribution in [0, 0.1) is 0 Å². The van der Waals surface area contributed by atoms with E-state index in [4.69, 9.17) is 4.74 Å². The van der Waals surface area contributed by atoms with Crippen LogP contribution in [0.2, 0.25) is 0 Å².